The van der Waals surface area contributed by atoms with Crippen LogP contribution in [0, 0.1) is 17.3 Å². The Kier molecular flexibility index (Phi) is 3.60. The van der Waals surface area contributed by atoms with Gasteiger partial charge in [0.15, 0.2) is 0 Å². The molecule has 0 unspecified atom stereocenters. The molecule has 4 heteroatoms. The molecule has 124 valence electrons. The molecule has 0 spiro atoms. The molecule has 0 aromatic heterocycles. The topological polar surface area (TPSA) is 55.8 Å². The normalized spacial score (nSPS) is 37.6. The fraction of sp³-hybridized carbons (Fsp3) is 0.632. The molecule has 4 saturated carbocycles. The summed E-state index contributed by atoms with van der Waals surface area (Å²) < 4.78 is 11.1. The zero-order chi connectivity index (χ0) is 15.9. The predicted molar refractivity (Wildman–Crippen MR) is 85.0 cm³/mol. The smallest absolute Gasteiger partial charge is 0.312 e. The van der Waals surface area contributed by atoms with Gasteiger partial charge in [-0.15, -0.1) is 0 Å². The Hall–Kier alpha value is -1.55. The van der Waals surface area contributed by atoms with Crippen molar-refractivity contribution >= 4 is 5.97 Å². The van der Waals surface area contributed by atoms with Crippen LogP contribution in [0.15, 0.2) is 30.3 Å². The van der Waals surface area contributed by atoms with Gasteiger partial charge in [-0.1, -0.05) is 18.2 Å². The summed E-state index contributed by atoms with van der Waals surface area (Å²) in [5.74, 6) is 1.65. The lowest BCUT2D eigenvalue weighted by molar-refractivity contribution is -0.196. The molecule has 4 aliphatic carbocycles. The highest BCUT2D eigenvalue weighted by atomic mass is 16.6. The van der Waals surface area contributed by atoms with Crippen LogP contribution in [0.5, 0.6) is 5.75 Å². The van der Waals surface area contributed by atoms with Gasteiger partial charge in [0.25, 0.3) is 0 Å². The Balaban J connectivity index is 1.32. The van der Waals surface area contributed by atoms with Crippen molar-refractivity contribution < 1.29 is 19.4 Å². The van der Waals surface area contributed by atoms with Crippen LogP contribution in [0.1, 0.15) is 38.5 Å². The van der Waals surface area contributed by atoms with Gasteiger partial charge in [0.2, 0.25) is 0 Å². The van der Waals surface area contributed by atoms with Gasteiger partial charge in [0.05, 0.1) is 11.0 Å². The number of aliphatic hydroxyl groups is 1. The van der Waals surface area contributed by atoms with Crippen molar-refractivity contribution in [1.29, 1.82) is 0 Å². The summed E-state index contributed by atoms with van der Waals surface area (Å²) in [6, 6.07) is 9.53. The summed E-state index contributed by atoms with van der Waals surface area (Å²) in [6.45, 7) is 0.631. The minimum absolute atomic E-state index is 0.123. The van der Waals surface area contributed by atoms with E-state index in [0.29, 0.717) is 24.9 Å². The number of benzene rings is 1. The van der Waals surface area contributed by atoms with E-state index in [1.807, 2.05) is 30.3 Å². The van der Waals surface area contributed by atoms with Crippen molar-refractivity contribution in [2.24, 2.45) is 17.3 Å². The first-order chi connectivity index (χ1) is 11.1. The molecule has 0 aliphatic heterocycles. The highest BCUT2D eigenvalue weighted by molar-refractivity contribution is 5.77. The van der Waals surface area contributed by atoms with Gasteiger partial charge in [-0.3, -0.25) is 4.79 Å². The summed E-state index contributed by atoms with van der Waals surface area (Å²) in [7, 11) is 0. The van der Waals surface area contributed by atoms with Crippen LogP contribution in [-0.2, 0) is 9.53 Å². The minimum atomic E-state index is -0.621. The molecule has 1 aromatic rings. The molecular weight excluding hydrogens is 292 g/mol. The first-order valence-corrected chi connectivity index (χ1v) is 8.64. The van der Waals surface area contributed by atoms with Crippen LogP contribution in [0.4, 0.5) is 0 Å². The number of hydrogen-bond acceptors (Lipinski definition) is 4. The van der Waals surface area contributed by atoms with E-state index >= 15 is 0 Å². The molecule has 4 aliphatic rings. The van der Waals surface area contributed by atoms with Crippen LogP contribution >= 0.6 is 0 Å². The molecule has 5 rings (SSSR count). The Morgan fingerprint density at radius 3 is 2.43 bits per heavy atom. The molecule has 0 saturated heterocycles. The van der Waals surface area contributed by atoms with Crippen molar-refractivity contribution in [2.75, 3.05) is 13.2 Å². The molecule has 4 nitrogen and oxygen atoms in total. The molecule has 0 heterocycles. The molecule has 4 fully saturated rings. The number of carbonyl (C=O) groups is 1. The summed E-state index contributed by atoms with van der Waals surface area (Å²) in [5, 5.41) is 10.7. The second-order valence-corrected chi connectivity index (χ2v) is 7.76. The largest absolute Gasteiger partial charge is 0.490 e. The highest BCUT2D eigenvalue weighted by Gasteiger charge is 2.60. The minimum Gasteiger partial charge on any atom is -0.490 e. The van der Waals surface area contributed by atoms with E-state index in [9.17, 15) is 9.90 Å². The molecule has 0 radical (unpaired) electrons. The van der Waals surface area contributed by atoms with Crippen molar-refractivity contribution in [3.8, 4) is 5.75 Å². The summed E-state index contributed by atoms with van der Waals surface area (Å²) in [6.07, 6.45) is 5.29. The van der Waals surface area contributed by atoms with Crippen molar-refractivity contribution in [2.45, 2.75) is 44.1 Å². The van der Waals surface area contributed by atoms with Crippen LogP contribution < -0.4 is 4.74 Å². The first-order valence-electron chi connectivity index (χ1n) is 8.64. The lowest BCUT2D eigenvalue weighted by atomic mass is 9.48. The molecule has 1 aromatic carbocycles. The number of rotatable bonds is 5. The third kappa shape index (κ3) is 2.85. The van der Waals surface area contributed by atoms with Gasteiger partial charge in [0.1, 0.15) is 19.0 Å². The standard InChI is InChI=1S/C19H24O4/c20-17(23-7-6-22-16-4-2-1-3-5-16)18-9-14-8-15(10-18)12-19(21,11-14)13-18/h1-5,14-15,21H,6-13H2/t14-,15-,18?,19?/m1/s1. The Morgan fingerprint density at radius 1 is 1.09 bits per heavy atom. The van der Waals surface area contributed by atoms with Gasteiger partial charge in [-0.25, -0.2) is 0 Å². The number of esters is 1. The van der Waals surface area contributed by atoms with E-state index in [2.05, 4.69) is 0 Å². The average molecular weight is 316 g/mol. The van der Waals surface area contributed by atoms with Crippen molar-refractivity contribution in [3.63, 3.8) is 0 Å². The number of hydrogen-bond donors (Lipinski definition) is 1. The Labute approximate surface area is 136 Å². The summed E-state index contributed by atoms with van der Waals surface area (Å²) >= 11 is 0. The molecule has 2 atom stereocenters. The van der Waals surface area contributed by atoms with Crippen molar-refractivity contribution in [1.82, 2.24) is 0 Å². The zero-order valence-corrected chi connectivity index (χ0v) is 13.4. The summed E-state index contributed by atoms with van der Waals surface area (Å²) in [4.78, 5) is 12.7. The van der Waals surface area contributed by atoms with E-state index < -0.39 is 11.0 Å². The Morgan fingerprint density at radius 2 is 1.78 bits per heavy atom. The monoisotopic (exact) mass is 316 g/mol. The molecular formula is C19H24O4. The number of ether oxygens (including phenoxy) is 2. The maximum Gasteiger partial charge on any atom is 0.312 e. The third-order valence-electron chi connectivity index (χ3n) is 5.79. The second-order valence-electron chi connectivity index (χ2n) is 7.76. The van der Waals surface area contributed by atoms with Gasteiger partial charge in [-0.05, 0) is 62.5 Å². The maximum atomic E-state index is 12.7. The van der Waals surface area contributed by atoms with E-state index in [4.69, 9.17) is 9.47 Å². The SMILES string of the molecule is O=C(OCCOc1ccccc1)C12C[C@H]3C[C@@H](CC(O)(C3)C1)C2. The van der Waals surface area contributed by atoms with Crippen LogP contribution in [0.3, 0.4) is 0 Å². The number of carbonyl (C=O) groups excluding carboxylic acids is 1. The Bertz CT molecular complexity index is 568. The van der Waals surface area contributed by atoms with E-state index in [1.54, 1.807) is 0 Å². The molecule has 0 amide bonds. The lowest BCUT2D eigenvalue weighted by Gasteiger charge is -2.58. The predicted octanol–water partition coefficient (Wildman–Crippen LogP) is 2.94. The van der Waals surface area contributed by atoms with Crippen LogP contribution in [0.25, 0.3) is 0 Å². The van der Waals surface area contributed by atoms with Crippen LogP contribution in [0.2, 0.25) is 0 Å². The fourth-order valence-corrected chi connectivity index (χ4v) is 5.42. The molecule has 1 N–H and O–H groups in total. The fourth-order valence-electron chi connectivity index (χ4n) is 5.42. The second kappa shape index (κ2) is 5.52. The van der Waals surface area contributed by atoms with Gasteiger partial charge in [0, 0.05) is 0 Å². The molecule has 4 bridgehead atoms. The zero-order valence-electron chi connectivity index (χ0n) is 13.4. The maximum absolute atomic E-state index is 12.7. The summed E-state index contributed by atoms with van der Waals surface area (Å²) in [5.41, 5.74) is -1.06. The van der Waals surface area contributed by atoms with Crippen LogP contribution in [-0.4, -0.2) is 29.9 Å². The molecule has 23 heavy (non-hydrogen) atoms. The van der Waals surface area contributed by atoms with Crippen molar-refractivity contribution in [3.05, 3.63) is 30.3 Å². The average Bonchev–Trinajstić information content (AvgIpc) is 2.50. The lowest BCUT2D eigenvalue weighted by Crippen LogP contribution is -2.58. The van der Waals surface area contributed by atoms with Gasteiger partial charge < -0.3 is 14.6 Å². The first kappa shape index (κ1) is 15.0. The highest BCUT2D eigenvalue weighted by Crippen LogP contribution is 2.61. The quantitative estimate of drug-likeness (QED) is 0.670. The van der Waals surface area contributed by atoms with Gasteiger partial charge in [-0.2, -0.15) is 0 Å². The van der Waals surface area contributed by atoms with E-state index in [-0.39, 0.29) is 12.6 Å². The number of para-hydroxylation sites is 1. The van der Waals surface area contributed by atoms with E-state index in [1.165, 1.54) is 6.42 Å². The van der Waals surface area contributed by atoms with Gasteiger partial charge >= 0.3 is 5.97 Å². The third-order valence-corrected chi connectivity index (χ3v) is 5.79. The van der Waals surface area contributed by atoms with E-state index in [0.717, 1.165) is 31.4 Å².